The molecule has 1 saturated heterocycles. The molecule has 14 heavy (non-hydrogen) atoms. The van der Waals surface area contributed by atoms with Gasteiger partial charge in [-0.1, -0.05) is 13.3 Å². The summed E-state index contributed by atoms with van der Waals surface area (Å²) >= 11 is 0. The van der Waals surface area contributed by atoms with E-state index in [1.165, 1.54) is 12.8 Å². The van der Waals surface area contributed by atoms with Crippen LogP contribution in [0.15, 0.2) is 0 Å². The summed E-state index contributed by atoms with van der Waals surface area (Å²) in [6, 6.07) is 0.0914. The van der Waals surface area contributed by atoms with Crippen molar-refractivity contribution in [2.24, 2.45) is 5.92 Å². The van der Waals surface area contributed by atoms with Gasteiger partial charge in [-0.05, 0) is 32.1 Å². The molecule has 1 amide bonds. The molecule has 0 aromatic heterocycles. The Balaban J connectivity index is 1.92. The molecule has 1 aliphatic carbocycles. The minimum atomic E-state index is 0.0914. The van der Waals surface area contributed by atoms with E-state index in [0.717, 1.165) is 25.3 Å². The number of carbonyl (C=O) groups is 1. The van der Waals surface area contributed by atoms with E-state index in [4.69, 9.17) is 0 Å². The third kappa shape index (κ3) is 1.92. The average molecular weight is 196 g/mol. The summed E-state index contributed by atoms with van der Waals surface area (Å²) in [4.78, 5) is 14.0. The Morgan fingerprint density at radius 2 is 2.21 bits per heavy atom. The number of amides is 1. The molecule has 0 aromatic carbocycles. The molecule has 0 aromatic rings. The van der Waals surface area contributed by atoms with E-state index >= 15 is 0 Å². The number of nitrogens with zero attached hydrogens (tertiary/aromatic N) is 1. The number of rotatable bonds is 4. The van der Waals surface area contributed by atoms with Crippen LogP contribution in [-0.2, 0) is 4.79 Å². The highest BCUT2D eigenvalue weighted by molar-refractivity contribution is 5.84. The van der Waals surface area contributed by atoms with Crippen LogP contribution < -0.4 is 5.32 Å². The van der Waals surface area contributed by atoms with Gasteiger partial charge in [0.05, 0.1) is 12.2 Å². The fraction of sp³-hybridized carbons (Fsp3) is 0.909. The van der Waals surface area contributed by atoms with Crippen LogP contribution in [0.5, 0.6) is 0 Å². The van der Waals surface area contributed by atoms with Crippen molar-refractivity contribution in [2.75, 3.05) is 6.54 Å². The molecule has 0 radical (unpaired) electrons. The first-order valence-corrected chi connectivity index (χ1v) is 5.79. The van der Waals surface area contributed by atoms with Gasteiger partial charge in [0.1, 0.15) is 0 Å². The Labute approximate surface area is 85.8 Å². The fourth-order valence-electron chi connectivity index (χ4n) is 2.17. The predicted molar refractivity (Wildman–Crippen MR) is 55.7 cm³/mol. The molecule has 2 aliphatic rings. The van der Waals surface area contributed by atoms with Crippen LogP contribution in [0.25, 0.3) is 0 Å². The Bertz CT molecular complexity index is 225. The SMILES string of the molecule is CCCC1NC(C)N(CC2CC2)C1=O. The van der Waals surface area contributed by atoms with Crippen LogP contribution >= 0.6 is 0 Å². The Morgan fingerprint density at radius 3 is 2.79 bits per heavy atom. The highest BCUT2D eigenvalue weighted by Crippen LogP contribution is 2.31. The number of hydrogen-bond acceptors (Lipinski definition) is 2. The third-order valence-corrected chi connectivity index (χ3v) is 3.22. The molecule has 1 N–H and O–H groups in total. The average Bonchev–Trinajstić information content (AvgIpc) is 2.91. The molecule has 1 saturated carbocycles. The fourth-order valence-corrected chi connectivity index (χ4v) is 2.17. The lowest BCUT2D eigenvalue weighted by molar-refractivity contribution is -0.130. The van der Waals surface area contributed by atoms with Gasteiger partial charge in [-0.25, -0.2) is 0 Å². The van der Waals surface area contributed by atoms with Crippen molar-refractivity contribution in [1.29, 1.82) is 0 Å². The first-order chi connectivity index (χ1) is 6.72. The standard InChI is InChI=1S/C11H20N2O/c1-3-4-10-11(14)13(8(2)12-10)7-9-5-6-9/h8-10,12H,3-7H2,1-2H3. The van der Waals surface area contributed by atoms with E-state index in [1.54, 1.807) is 0 Å². The molecular weight excluding hydrogens is 176 g/mol. The molecule has 3 heteroatoms. The van der Waals surface area contributed by atoms with E-state index in [2.05, 4.69) is 19.2 Å². The molecule has 2 rings (SSSR count). The van der Waals surface area contributed by atoms with E-state index in [0.29, 0.717) is 5.91 Å². The topological polar surface area (TPSA) is 32.3 Å². The van der Waals surface area contributed by atoms with Crippen molar-refractivity contribution >= 4 is 5.91 Å². The van der Waals surface area contributed by atoms with E-state index in [-0.39, 0.29) is 12.2 Å². The van der Waals surface area contributed by atoms with Gasteiger partial charge in [0.2, 0.25) is 5.91 Å². The van der Waals surface area contributed by atoms with Crippen LogP contribution in [0.4, 0.5) is 0 Å². The molecule has 0 bridgehead atoms. The van der Waals surface area contributed by atoms with Crippen molar-refractivity contribution in [2.45, 2.75) is 51.7 Å². The van der Waals surface area contributed by atoms with Gasteiger partial charge in [-0.3, -0.25) is 10.1 Å². The predicted octanol–water partition coefficient (Wildman–Crippen LogP) is 1.34. The van der Waals surface area contributed by atoms with Crippen molar-refractivity contribution in [1.82, 2.24) is 10.2 Å². The van der Waals surface area contributed by atoms with E-state index in [1.807, 2.05) is 4.90 Å². The van der Waals surface area contributed by atoms with Crippen LogP contribution in [0.2, 0.25) is 0 Å². The summed E-state index contributed by atoms with van der Waals surface area (Å²) in [6.45, 7) is 5.20. The zero-order valence-electron chi connectivity index (χ0n) is 9.12. The minimum absolute atomic E-state index is 0.0914. The van der Waals surface area contributed by atoms with Crippen LogP contribution in [0, 0.1) is 5.92 Å². The van der Waals surface area contributed by atoms with Gasteiger partial charge in [-0.2, -0.15) is 0 Å². The minimum Gasteiger partial charge on any atom is -0.326 e. The monoisotopic (exact) mass is 196 g/mol. The molecular formula is C11H20N2O. The summed E-state index contributed by atoms with van der Waals surface area (Å²) in [5.41, 5.74) is 0. The molecule has 2 unspecified atom stereocenters. The van der Waals surface area contributed by atoms with Gasteiger partial charge in [0, 0.05) is 6.54 Å². The van der Waals surface area contributed by atoms with Crippen molar-refractivity contribution in [3.63, 3.8) is 0 Å². The summed E-state index contributed by atoms with van der Waals surface area (Å²) in [6.07, 6.45) is 4.93. The number of nitrogens with one attached hydrogen (secondary N) is 1. The quantitative estimate of drug-likeness (QED) is 0.736. The van der Waals surface area contributed by atoms with Crippen LogP contribution in [0.1, 0.15) is 39.5 Å². The molecule has 0 spiro atoms. The first-order valence-electron chi connectivity index (χ1n) is 5.79. The highest BCUT2D eigenvalue weighted by atomic mass is 16.2. The van der Waals surface area contributed by atoms with Gasteiger partial charge in [-0.15, -0.1) is 0 Å². The lowest BCUT2D eigenvalue weighted by Gasteiger charge is -2.20. The van der Waals surface area contributed by atoms with E-state index in [9.17, 15) is 4.79 Å². The molecule has 2 atom stereocenters. The summed E-state index contributed by atoms with van der Waals surface area (Å²) in [7, 11) is 0. The first kappa shape index (κ1) is 9.97. The lowest BCUT2D eigenvalue weighted by Crippen LogP contribution is -2.36. The molecule has 2 fully saturated rings. The van der Waals surface area contributed by atoms with Gasteiger partial charge < -0.3 is 4.90 Å². The van der Waals surface area contributed by atoms with Crippen molar-refractivity contribution in [3.05, 3.63) is 0 Å². The second kappa shape index (κ2) is 3.89. The zero-order chi connectivity index (χ0) is 10.1. The highest BCUT2D eigenvalue weighted by Gasteiger charge is 2.38. The maximum Gasteiger partial charge on any atom is 0.241 e. The maximum atomic E-state index is 11.9. The second-order valence-electron chi connectivity index (χ2n) is 4.62. The molecule has 1 heterocycles. The number of hydrogen-bond donors (Lipinski definition) is 1. The molecule has 1 aliphatic heterocycles. The van der Waals surface area contributed by atoms with Crippen molar-refractivity contribution < 1.29 is 4.79 Å². The Hall–Kier alpha value is -0.570. The normalized spacial score (nSPS) is 32.7. The third-order valence-electron chi connectivity index (χ3n) is 3.22. The Kier molecular flexibility index (Phi) is 2.77. The van der Waals surface area contributed by atoms with E-state index < -0.39 is 0 Å². The zero-order valence-corrected chi connectivity index (χ0v) is 9.12. The summed E-state index contributed by atoms with van der Waals surface area (Å²) < 4.78 is 0. The van der Waals surface area contributed by atoms with Gasteiger partial charge in [0.15, 0.2) is 0 Å². The maximum absolute atomic E-state index is 11.9. The van der Waals surface area contributed by atoms with Crippen molar-refractivity contribution in [3.8, 4) is 0 Å². The lowest BCUT2D eigenvalue weighted by atomic mass is 10.1. The largest absolute Gasteiger partial charge is 0.326 e. The summed E-state index contributed by atoms with van der Waals surface area (Å²) in [5, 5.41) is 3.36. The number of carbonyl (C=O) groups excluding carboxylic acids is 1. The van der Waals surface area contributed by atoms with Gasteiger partial charge >= 0.3 is 0 Å². The molecule has 3 nitrogen and oxygen atoms in total. The molecule has 80 valence electrons. The summed E-state index contributed by atoms with van der Waals surface area (Å²) in [5.74, 6) is 1.12. The Morgan fingerprint density at radius 1 is 1.50 bits per heavy atom. The smallest absolute Gasteiger partial charge is 0.241 e. The van der Waals surface area contributed by atoms with Crippen LogP contribution in [-0.4, -0.2) is 29.6 Å². The van der Waals surface area contributed by atoms with Gasteiger partial charge in [0.25, 0.3) is 0 Å². The van der Waals surface area contributed by atoms with Crippen LogP contribution in [0.3, 0.4) is 0 Å². The second-order valence-corrected chi connectivity index (χ2v) is 4.62.